The smallest absolute Gasteiger partial charge is 0.306 e. The number of esters is 1. The number of halogens is 1. The molecule has 0 aromatic heterocycles. The SMILES string of the molecule is CCC[C@@H](CBr)CC(=O)OC(C)(C)C. The van der Waals surface area contributed by atoms with Crippen LogP contribution in [0.25, 0.3) is 0 Å². The van der Waals surface area contributed by atoms with Gasteiger partial charge < -0.3 is 4.74 Å². The summed E-state index contributed by atoms with van der Waals surface area (Å²) in [5.74, 6) is 0.324. The lowest BCUT2D eigenvalue weighted by Gasteiger charge is -2.21. The van der Waals surface area contributed by atoms with Crippen LogP contribution >= 0.6 is 15.9 Å². The first-order valence-corrected chi connectivity index (χ1v) is 6.29. The third-order valence-corrected chi connectivity index (χ3v) is 2.71. The Morgan fingerprint density at radius 2 is 2.00 bits per heavy atom. The van der Waals surface area contributed by atoms with Gasteiger partial charge in [0.25, 0.3) is 0 Å². The van der Waals surface area contributed by atoms with Crippen LogP contribution in [0.5, 0.6) is 0 Å². The molecule has 0 unspecified atom stereocenters. The Hall–Kier alpha value is -0.0500. The predicted octanol–water partition coefficient (Wildman–Crippen LogP) is 3.53. The van der Waals surface area contributed by atoms with Crippen molar-refractivity contribution in [2.75, 3.05) is 5.33 Å². The molecule has 0 radical (unpaired) electrons. The third-order valence-electron chi connectivity index (χ3n) is 1.79. The summed E-state index contributed by atoms with van der Waals surface area (Å²) in [5.41, 5.74) is -0.361. The highest BCUT2D eigenvalue weighted by atomic mass is 79.9. The fraction of sp³-hybridized carbons (Fsp3) is 0.909. The molecule has 0 saturated carbocycles. The molecule has 0 aliphatic heterocycles. The van der Waals surface area contributed by atoms with Gasteiger partial charge in [0.2, 0.25) is 0 Å². The van der Waals surface area contributed by atoms with Crippen LogP contribution in [-0.4, -0.2) is 16.9 Å². The minimum Gasteiger partial charge on any atom is -0.460 e. The van der Waals surface area contributed by atoms with E-state index in [1.54, 1.807) is 0 Å². The van der Waals surface area contributed by atoms with Crippen LogP contribution in [0.2, 0.25) is 0 Å². The highest BCUT2D eigenvalue weighted by Crippen LogP contribution is 2.17. The van der Waals surface area contributed by atoms with Crippen LogP contribution in [0, 0.1) is 5.92 Å². The van der Waals surface area contributed by atoms with E-state index >= 15 is 0 Å². The molecule has 0 aliphatic rings. The van der Waals surface area contributed by atoms with Gasteiger partial charge in [-0.1, -0.05) is 29.3 Å². The Morgan fingerprint density at radius 1 is 1.43 bits per heavy atom. The number of hydrogen-bond donors (Lipinski definition) is 0. The van der Waals surface area contributed by atoms with Gasteiger partial charge in [0, 0.05) is 11.8 Å². The van der Waals surface area contributed by atoms with Crippen molar-refractivity contribution >= 4 is 21.9 Å². The molecule has 0 heterocycles. The third kappa shape index (κ3) is 7.36. The van der Waals surface area contributed by atoms with Crippen molar-refractivity contribution < 1.29 is 9.53 Å². The first-order chi connectivity index (χ1) is 6.39. The minimum absolute atomic E-state index is 0.0876. The molecule has 0 spiro atoms. The van der Waals surface area contributed by atoms with E-state index in [1.165, 1.54) is 0 Å². The van der Waals surface area contributed by atoms with Gasteiger partial charge >= 0.3 is 5.97 Å². The van der Waals surface area contributed by atoms with Gasteiger partial charge in [0.1, 0.15) is 5.60 Å². The molecular weight excluding hydrogens is 244 g/mol. The summed E-state index contributed by atoms with van der Waals surface area (Å²) in [5, 5.41) is 0.875. The van der Waals surface area contributed by atoms with Gasteiger partial charge in [-0.05, 0) is 33.1 Å². The largest absolute Gasteiger partial charge is 0.460 e. The van der Waals surface area contributed by atoms with E-state index < -0.39 is 0 Å². The molecule has 0 aromatic rings. The highest BCUT2D eigenvalue weighted by Gasteiger charge is 2.19. The van der Waals surface area contributed by atoms with Crippen molar-refractivity contribution in [3.63, 3.8) is 0 Å². The number of alkyl halides is 1. The standard InChI is InChI=1S/C11H21BrO2/c1-5-6-9(8-12)7-10(13)14-11(2,3)4/h9H,5-8H2,1-4H3/t9-/m1/s1. The van der Waals surface area contributed by atoms with E-state index in [9.17, 15) is 4.79 Å². The summed E-state index contributed by atoms with van der Waals surface area (Å²) >= 11 is 3.42. The minimum atomic E-state index is -0.361. The van der Waals surface area contributed by atoms with E-state index in [4.69, 9.17) is 4.74 Å². The zero-order valence-corrected chi connectivity index (χ0v) is 11.2. The summed E-state index contributed by atoms with van der Waals surface area (Å²) < 4.78 is 5.26. The fourth-order valence-electron chi connectivity index (χ4n) is 1.26. The van der Waals surface area contributed by atoms with Crippen LogP contribution in [-0.2, 0) is 9.53 Å². The van der Waals surface area contributed by atoms with Crippen molar-refractivity contribution in [1.29, 1.82) is 0 Å². The second-order valence-corrected chi connectivity index (χ2v) is 5.25. The van der Waals surface area contributed by atoms with E-state index in [2.05, 4.69) is 22.9 Å². The maximum absolute atomic E-state index is 11.5. The fourth-order valence-corrected chi connectivity index (χ4v) is 1.81. The van der Waals surface area contributed by atoms with E-state index in [1.807, 2.05) is 20.8 Å². The normalized spacial score (nSPS) is 13.8. The molecule has 0 rings (SSSR count). The van der Waals surface area contributed by atoms with Crippen molar-refractivity contribution in [2.24, 2.45) is 5.92 Å². The van der Waals surface area contributed by atoms with Crippen LogP contribution in [0.15, 0.2) is 0 Å². The molecule has 0 amide bonds. The summed E-state index contributed by atoms with van der Waals surface area (Å²) in [6.45, 7) is 7.82. The molecule has 84 valence electrons. The summed E-state index contributed by atoms with van der Waals surface area (Å²) in [7, 11) is 0. The van der Waals surface area contributed by atoms with Crippen LogP contribution in [0.4, 0.5) is 0 Å². The van der Waals surface area contributed by atoms with Gasteiger partial charge in [-0.3, -0.25) is 4.79 Å². The van der Waals surface area contributed by atoms with Crippen molar-refractivity contribution in [3.8, 4) is 0 Å². The lowest BCUT2D eigenvalue weighted by atomic mass is 10.0. The Kier molecular flexibility index (Phi) is 6.41. The first kappa shape index (κ1) is 13.9. The predicted molar refractivity (Wildman–Crippen MR) is 62.7 cm³/mol. The van der Waals surface area contributed by atoms with Crippen LogP contribution in [0.1, 0.15) is 47.0 Å². The molecular formula is C11H21BrO2. The van der Waals surface area contributed by atoms with Gasteiger partial charge in [0.15, 0.2) is 0 Å². The Bertz CT molecular complexity index is 173. The lowest BCUT2D eigenvalue weighted by Crippen LogP contribution is -2.25. The number of carbonyl (C=O) groups excluding carboxylic acids is 1. The van der Waals surface area contributed by atoms with Crippen molar-refractivity contribution in [3.05, 3.63) is 0 Å². The Labute approximate surface area is 95.5 Å². The second-order valence-electron chi connectivity index (χ2n) is 4.60. The Balaban J connectivity index is 3.91. The molecule has 0 aliphatic carbocycles. The molecule has 0 aromatic carbocycles. The van der Waals surface area contributed by atoms with Gasteiger partial charge in [0.05, 0.1) is 0 Å². The number of carbonyl (C=O) groups is 1. The molecule has 0 N–H and O–H groups in total. The highest BCUT2D eigenvalue weighted by molar-refractivity contribution is 9.09. The average Bonchev–Trinajstić information content (AvgIpc) is 2.00. The molecule has 0 saturated heterocycles. The maximum Gasteiger partial charge on any atom is 0.306 e. The van der Waals surface area contributed by atoms with Gasteiger partial charge in [-0.2, -0.15) is 0 Å². The van der Waals surface area contributed by atoms with E-state index in [0.717, 1.165) is 18.2 Å². The van der Waals surface area contributed by atoms with E-state index in [0.29, 0.717) is 12.3 Å². The number of ether oxygens (including phenoxy) is 1. The maximum atomic E-state index is 11.5. The number of rotatable bonds is 5. The summed E-state index contributed by atoms with van der Waals surface area (Å²) in [4.78, 5) is 11.5. The molecule has 3 heteroatoms. The summed E-state index contributed by atoms with van der Waals surface area (Å²) in [6.07, 6.45) is 2.71. The lowest BCUT2D eigenvalue weighted by molar-refractivity contribution is -0.155. The second kappa shape index (κ2) is 6.44. The number of hydrogen-bond acceptors (Lipinski definition) is 2. The molecule has 14 heavy (non-hydrogen) atoms. The van der Waals surface area contributed by atoms with Crippen molar-refractivity contribution in [2.45, 2.75) is 52.6 Å². The van der Waals surface area contributed by atoms with Crippen molar-refractivity contribution in [1.82, 2.24) is 0 Å². The zero-order valence-electron chi connectivity index (χ0n) is 9.60. The van der Waals surface area contributed by atoms with Gasteiger partial charge in [-0.15, -0.1) is 0 Å². The summed E-state index contributed by atoms with van der Waals surface area (Å²) in [6, 6.07) is 0. The quantitative estimate of drug-likeness (QED) is 0.561. The van der Waals surface area contributed by atoms with E-state index in [-0.39, 0.29) is 11.6 Å². The monoisotopic (exact) mass is 264 g/mol. The molecule has 2 nitrogen and oxygen atoms in total. The topological polar surface area (TPSA) is 26.3 Å². The van der Waals surface area contributed by atoms with Crippen LogP contribution in [0.3, 0.4) is 0 Å². The first-order valence-electron chi connectivity index (χ1n) is 5.17. The van der Waals surface area contributed by atoms with Crippen LogP contribution < -0.4 is 0 Å². The zero-order chi connectivity index (χ0) is 11.2. The molecule has 0 fully saturated rings. The molecule has 1 atom stereocenters. The molecule has 0 bridgehead atoms. The van der Waals surface area contributed by atoms with Gasteiger partial charge in [-0.25, -0.2) is 0 Å². The Morgan fingerprint density at radius 3 is 2.36 bits per heavy atom. The average molecular weight is 265 g/mol.